The van der Waals surface area contributed by atoms with Crippen LogP contribution in [0.15, 0.2) is 36.5 Å². The van der Waals surface area contributed by atoms with Crippen molar-refractivity contribution in [3.05, 3.63) is 58.2 Å². The van der Waals surface area contributed by atoms with Crippen molar-refractivity contribution >= 4 is 52.9 Å². The Morgan fingerprint density at radius 3 is 2.29 bits per heavy atom. The Balaban J connectivity index is 1.29. The van der Waals surface area contributed by atoms with Gasteiger partial charge in [0.2, 0.25) is 5.95 Å². The third-order valence-corrected chi connectivity index (χ3v) is 10.4. The quantitative estimate of drug-likeness (QED) is 0.322. The minimum absolute atomic E-state index is 0.397. The molecule has 2 fully saturated rings. The van der Waals surface area contributed by atoms with Crippen molar-refractivity contribution in [3.63, 3.8) is 0 Å². The van der Waals surface area contributed by atoms with Gasteiger partial charge in [0.15, 0.2) is 5.82 Å². The molecule has 10 heteroatoms. The zero-order valence-electron chi connectivity index (χ0n) is 25.2. The van der Waals surface area contributed by atoms with Gasteiger partial charge in [0, 0.05) is 62.0 Å². The van der Waals surface area contributed by atoms with Gasteiger partial charge in [0.25, 0.3) is 0 Å². The summed E-state index contributed by atoms with van der Waals surface area (Å²) in [6, 6.07) is 11.0. The van der Waals surface area contributed by atoms with Gasteiger partial charge in [-0.05, 0) is 88.9 Å². The van der Waals surface area contributed by atoms with E-state index in [9.17, 15) is 4.57 Å². The number of halogens is 1. The lowest BCUT2D eigenvalue weighted by Gasteiger charge is -2.43. The molecule has 5 rings (SSSR count). The fourth-order valence-corrected chi connectivity index (χ4v) is 7.95. The van der Waals surface area contributed by atoms with Crippen LogP contribution in [0.5, 0.6) is 0 Å². The molecule has 0 bridgehead atoms. The summed E-state index contributed by atoms with van der Waals surface area (Å²) >= 11 is 6.49. The first-order chi connectivity index (χ1) is 19.5. The molecule has 2 aromatic carbocycles. The van der Waals surface area contributed by atoms with E-state index < -0.39 is 7.14 Å². The first-order valence-electron chi connectivity index (χ1n) is 14.5. The number of hydrogen-bond donors (Lipinski definition) is 2. The van der Waals surface area contributed by atoms with E-state index in [0.29, 0.717) is 22.8 Å². The molecule has 1 aromatic heterocycles. The Bertz CT molecular complexity index is 1440. The fraction of sp³-hybridized carbons (Fsp3) is 0.484. The minimum atomic E-state index is -2.53. The number of nitrogens with one attached hydrogen (secondary N) is 2. The lowest BCUT2D eigenvalue weighted by Crippen LogP contribution is -2.52. The summed E-state index contributed by atoms with van der Waals surface area (Å²) in [5.41, 5.74) is 6.36. The third-order valence-electron chi connectivity index (χ3n) is 8.42. The number of benzene rings is 2. The van der Waals surface area contributed by atoms with Gasteiger partial charge in [-0.25, -0.2) is 4.98 Å². The summed E-state index contributed by atoms with van der Waals surface area (Å²) in [5, 5.41) is 7.92. The molecule has 2 aliphatic rings. The van der Waals surface area contributed by atoms with E-state index in [0.717, 1.165) is 40.9 Å². The average molecular weight is 596 g/mol. The molecule has 0 amide bonds. The van der Waals surface area contributed by atoms with Crippen molar-refractivity contribution in [1.82, 2.24) is 19.8 Å². The number of aromatic nitrogens is 2. The number of likely N-dealkylation sites (N-methyl/N-ethyl adjacent to an activating group) is 1. The predicted octanol–water partition coefficient (Wildman–Crippen LogP) is 6.01. The summed E-state index contributed by atoms with van der Waals surface area (Å²) in [4.78, 5) is 16.8. The van der Waals surface area contributed by atoms with E-state index in [1.165, 1.54) is 50.3 Å². The van der Waals surface area contributed by atoms with Crippen LogP contribution in [0.3, 0.4) is 0 Å². The zero-order chi connectivity index (χ0) is 29.3. The van der Waals surface area contributed by atoms with Crippen LogP contribution in [0.2, 0.25) is 5.02 Å². The Morgan fingerprint density at radius 1 is 0.902 bits per heavy atom. The maximum atomic E-state index is 13.0. The van der Waals surface area contributed by atoms with Crippen LogP contribution in [0.1, 0.15) is 29.5 Å². The van der Waals surface area contributed by atoms with Gasteiger partial charge in [-0.15, -0.1) is 0 Å². The number of rotatable bonds is 7. The Labute approximate surface area is 249 Å². The smallest absolute Gasteiger partial charge is 0.229 e. The largest absolute Gasteiger partial charge is 0.371 e. The summed E-state index contributed by atoms with van der Waals surface area (Å²) in [7, 11) is -0.307. The SMILES string of the molecule is Cc1cc(N2CCC(N3CCN(C)CC3)CC2)c(C)cc1Nc1ncc(Cl)c(Nc2cccc(C)c2P(C)(C)=O)n1. The first kappa shape index (κ1) is 29.8. The summed E-state index contributed by atoms with van der Waals surface area (Å²) in [5.74, 6) is 0.921. The number of piperazine rings is 1. The van der Waals surface area contributed by atoms with Crippen LogP contribution in [-0.2, 0) is 4.57 Å². The maximum absolute atomic E-state index is 13.0. The van der Waals surface area contributed by atoms with Crippen molar-refractivity contribution < 1.29 is 4.57 Å². The minimum Gasteiger partial charge on any atom is -0.371 e. The molecule has 2 N–H and O–H groups in total. The topological polar surface area (TPSA) is 76.6 Å². The van der Waals surface area contributed by atoms with Crippen LogP contribution < -0.4 is 20.8 Å². The van der Waals surface area contributed by atoms with E-state index in [2.05, 4.69) is 68.3 Å². The number of anilines is 5. The molecule has 0 saturated carbocycles. The van der Waals surface area contributed by atoms with Crippen LogP contribution >= 0.6 is 18.7 Å². The van der Waals surface area contributed by atoms with E-state index in [1.807, 2.05) is 25.1 Å². The van der Waals surface area contributed by atoms with E-state index in [4.69, 9.17) is 11.6 Å². The maximum Gasteiger partial charge on any atom is 0.229 e. The lowest BCUT2D eigenvalue weighted by molar-refractivity contribution is 0.0982. The summed E-state index contributed by atoms with van der Waals surface area (Å²) in [6.07, 6.45) is 4.02. The Morgan fingerprint density at radius 2 is 1.61 bits per heavy atom. The number of hydrogen-bond acceptors (Lipinski definition) is 8. The Kier molecular flexibility index (Phi) is 8.95. The molecule has 41 heavy (non-hydrogen) atoms. The number of nitrogens with zero attached hydrogens (tertiary/aromatic N) is 5. The van der Waals surface area contributed by atoms with E-state index >= 15 is 0 Å². The molecule has 220 valence electrons. The molecule has 0 unspecified atom stereocenters. The van der Waals surface area contributed by atoms with Gasteiger partial charge in [-0.1, -0.05) is 23.7 Å². The molecule has 2 aliphatic heterocycles. The molecule has 0 atom stereocenters. The second kappa shape index (κ2) is 12.3. The Hall–Kier alpha value is -2.64. The van der Waals surface area contributed by atoms with Crippen molar-refractivity contribution in [3.8, 4) is 0 Å². The molecular weight excluding hydrogens is 553 g/mol. The summed E-state index contributed by atoms with van der Waals surface area (Å²) < 4.78 is 13.0. The second-order valence-corrected chi connectivity index (χ2v) is 15.5. The molecule has 3 heterocycles. The van der Waals surface area contributed by atoms with Gasteiger partial charge in [0.1, 0.15) is 12.2 Å². The lowest BCUT2D eigenvalue weighted by atomic mass is 9.99. The van der Waals surface area contributed by atoms with Crippen molar-refractivity contribution in [2.75, 3.05) is 75.2 Å². The van der Waals surface area contributed by atoms with Gasteiger partial charge in [-0.3, -0.25) is 4.90 Å². The van der Waals surface area contributed by atoms with Gasteiger partial charge in [0.05, 0.1) is 11.9 Å². The van der Waals surface area contributed by atoms with Crippen LogP contribution in [0.4, 0.5) is 28.8 Å². The van der Waals surface area contributed by atoms with Crippen molar-refractivity contribution in [2.45, 2.75) is 39.7 Å². The van der Waals surface area contributed by atoms with Gasteiger partial charge in [-0.2, -0.15) is 4.98 Å². The molecule has 8 nitrogen and oxygen atoms in total. The van der Waals surface area contributed by atoms with Crippen molar-refractivity contribution in [1.29, 1.82) is 0 Å². The first-order valence-corrected chi connectivity index (χ1v) is 17.5. The van der Waals surface area contributed by atoms with E-state index in [1.54, 1.807) is 19.5 Å². The van der Waals surface area contributed by atoms with Gasteiger partial charge < -0.3 is 25.0 Å². The summed E-state index contributed by atoms with van der Waals surface area (Å²) in [6.45, 7) is 16.7. The monoisotopic (exact) mass is 595 g/mol. The fourth-order valence-electron chi connectivity index (χ4n) is 6.17. The number of piperidine rings is 1. The van der Waals surface area contributed by atoms with Gasteiger partial charge >= 0.3 is 0 Å². The van der Waals surface area contributed by atoms with Crippen LogP contribution in [-0.4, -0.2) is 85.5 Å². The molecule has 0 aliphatic carbocycles. The molecule has 3 aromatic rings. The second-order valence-electron chi connectivity index (χ2n) is 12.0. The zero-order valence-corrected chi connectivity index (χ0v) is 26.8. The molecular formula is C31H43ClN7OP. The molecule has 2 saturated heterocycles. The highest BCUT2D eigenvalue weighted by molar-refractivity contribution is 7.70. The normalized spacial score (nSPS) is 17.6. The highest BCUT2D eigenvalue weighted by atomic mass is 35.5. The average Bonchev–Trinajstić information content (AvgIpc) is 2.92. The highest BCUT2D eigenvalue weighted by Crippen LogP contribution is 2.40. The van der Waals surface area contributed by atoms with Crippen LogP contribution in [0, 0.1) is 20.8 Å². The third kappa shape index (κ3) is 6.89. The number of aryl methyl sites for hydroxylation is 3. The van der Waals surface area contributed by atoms with E-state index in [-0.39, 0.29) is 0 Å². The molecule has 0 spiro atoms. The van der Waals surface area contributed by atoms with Crippen LogP contribution in [0.25, 0.3) is 0 Å². The molecule has 0 radical (unpaired) electrons. The highest BCUT2D eigenvalue weighted by Gasteiger charge is 2.27. The standard InChI is InChI=1S/C31H43ClN7OP/c1-21-8-7-9-26(29(21)41(5,6)40)34-30-25(32)20-33-31(36-30)35-27-18-23(3)28(19-22(27)2)39-12-10-24(11-13-39)38-16-14-37(4)15-17-38/h7-9,18-20,24H,10-17H2,1-6H3,(H2,33,34,35,36). The van der Waals surface area contributed by atoms with Crippen molar-refractivity contribution in [2.24, 2.45) is 0 Å². The predicted molar refractivity (Wildman–Crippen MR) is 174 cm³/mol.